The molecule has 1 aromatic carbocycles. The molecule has 0 saturated heterocycles. The maximum Gasteiger partial charge on any atom is 0.191 e. The Bertz CT molecular complexity index is 441. The van der Waals surface area contributed by atoms with Crippen LogP contribution in [0, 0.1) is 6.92 Å². The first-order valence-electron chi connectivity index (χ1n) is 6.83. The van der Waals surface area contributed by atoms with Crippen LogP contribution in [0.15, 0.2) is 41.4 Å². The van der Waals surface area contributed by atoms with Gasteiger partial charge in [-0.25, -0.2) is 0 Å². The molecule has 0 radical (unpaired) electrons. The summed E-state index contributed by atoms with van der Waals surface area (Å²) in [5.41, 5.74) is 2.60. The number of benzene rings is 1. The van der Waals surface area contributed by atoms with E-state index in [-0.39, 0.29) is 30.0 Å². The Kier molecular flexibility index (Phi) is 10.2. The van der Waals surface area contributed by atoms with Gasteiger partial charge < -0.3 is 10.6 Å². The van der Waals surface area contributed by atoms with Crippen LogP contribution in [-0.4, -0.2) is 19.6 Å². The third-order valence-corrected chi connectivity index (χ3v) is 3.07. The summed E-state index contributed by atoms with van der Waals surface area (Å²) in [4.78, 5) is 4.25. The fourth-order valence-electron chi connectivity index (χ4n) is 1.99. The van der Waals surface area contributed by atoms with E-state index in [9.17, 15) is 0 Å². The molecule has 0 aromatic heterocycles. The molecule has 0 fully saturated rings. The van der Waals surface area contributed by atoms with Crippen LogP contribution in [0.4, 0.5) is 0 Å². The number of halogens is 1. The van der Waals surface area contributed by atoms with Gasteiger partial charge in [-0.3, -0.25) is 4.99 Å². The van der Waals surface area contributed by atoms with Crippen molar-refractivity contribution in [2.24, 2.45) is 4.99 Å². The van der Waals surface area contributed by atoms with Crippen LogP contribution in [-0.2, 0) is 0 Å². The fourth-order valence-corrected chi connectivity index (χ4v) is 1.99. The Morgan fingerprint density at radius 3 is 2.65 bits per heavy atom. The molecule has 1 atom stereocenters. The van der Waals surface area contributed by atoms with Gasteiger partial charge in [-0.1, -0.05) is 36.4 Å². The summed E-state index contributed by atoms with van der Waals surface area (Å²) < 4.78 is 0. The van der Waals surface area contributed by atoms with Gasteiger partial charge in [0.1, 0.15) is 0 Å². The number of nitrogens with zero attached hydrogens (tertiary/aromatic N) is 1. The molecule has 0 aliphatic heterocycles. The van der Waals surface area contributed by atoms with Crippen molar-refractivity contribution in [2.75, 3.05) is 13.6 Å². The highest BCUT2D eigenvalue weighted by Crippen LogP contribution is 2.16. The number of rotatable bonds is 5. The Morgan fingerprint density at radius 2 is 2.05 bits per heavy atom. The minimum absolute atomic E-state index is 0. The molecule has 1 rings (SSSR count). The van der Waals surface area contributed by atoms with Gasteiger partial charge in [-0.2, -0.15) is 0 Å². The Balaban J connectivity index is 0.00000361. The summed E-state index contributed by atoms with van der Waals surface area (Å²) in [6, 6.07) is 8.67. The van der Waals surface area contributed by atoms with Gasteiger partial charge in [0.15, 0.2) is 5.96 Å². The van der Waals surface area contributed by atoms with Crippen LogP contribution >= 0.6 is 24.0 Å². The molecule has 0 heterocycles. The largest absolute Gasteiger partial charge is 0.356 e. The van der Waals surface area contributed by atoms with Gasteiger partial charge in [-0.05, 0) is 38.3 Å². The molecule has 0 amide bonds. The molecule has 0 spiro atoms. The van der Waals surface area contributed by atoms with Gasteiger partial charge in [0.25, 0.3) is 0 Å². The summed E-state index contributed by atoms with van der Waals surface area (Å²) in [5.74, 6) is 0.847. The Labute approximate surface area is 140 Å². The van der Waals surface area contributed by atoms with Crippen molar-refractivity contribution < 1.29 is 0 Å². The fraction of sp³-hybridized carbons (Fsp3) is 0.438. The second-order valence-electron chi connectivity index (χ2n) is 4.58. The van der Waals surface area contributed by atoms with E-state index in [1.807, 2.05) is 6.92 Å². The lowest BCUT2D eigenvalue weighted by Gasteiger charge is -2.19. The van der Waals surface area contributed by atoms with Gasteiger partial charge in [0.05, 0.1) is 6.04 Å². The monoisotopic (exact) mass is 387 g/mol. The van der Waals surface area contributed by atoms with Crippen molar-refractivity contribution >= 4 is 29.9 Å². The molecule has 20 heavy (non-hydrogen) atoms. The lowest BCUT2D eigenvalue weighted by Crippen LogP contribution is -2.39. The second-order valence-corrected chi connectivity index (χ2v) is 4.58. The topological polar surface area (TPSA) is 36.4 Å². The van der Waals surface area contributed by atoms with Gasteiger partial charge >= 0.3 is 0 Å². The smallest absolute Gasteiger partial charge is 0.191 e. The first kappa shape index (κ1) is 19.0. The van der Waals surface area contributed by atoms with E-state index < -0.39 is 0 Å². The molecule has 3 nitrogen and oxygen atoms in total. The molecule has 1 unspecified atom stereocenters. The normalized spacial score (nSPS) is 12.9. The summed E-state index contributed by atoms with van der Waals surface area (Å²) in [5, 5.41) is 6.73. The number of hydrogen-bond donors (Lipinski definition) is 2. The van der Waals surface area contributed by atoms with Crippen LogP contribution in [0.25, 0.3) is 0 Å². The minimum atomic E-state index is 0. The van der Waals surface area contributed by atoms with Crippen LogP contribution in [0.1, 0.15) is 37.4 Å². The van der Waals surface area contributed by atoms with E-state index in [0.717, 1.165) is 18.9 Å². The van der Waals surface area contributed by atoms with E-state index in [2.05, 4.69) is 65.9 Å². The summed E-state index contributed by atoms with van der Waals surface area (Å²) >= 11 is 0. The molecule has 2 N–H and O–H groups in total. The quantitative estimate of drug-likeness (QED) is 0.265. The zero-order valence-corrected chi connectivity index (χ0v) is 15.1. The number of nitrogens with one attached hydrogen (secondary N) is 2. The second kappa shape index (κ2) is 10.7. The van der Waals surface area contributed by atoms with Crippen LogP contribution in [0.3, 0.4) is 0 Å². The zero-order chi connectivity index (χ0) is 14.1. The number of aliphatic imine (C=N–C) groups is 1. The van der Waals surface area contributed by atoms with Crippen molar-refractivity contribution in [3.05, 3.63) is 47.5 Å². The number of guanidine groups is 1. The average molecular weight is 387 g/mol. The van der Waals surface area contributed by atoms with Crippen LogP contribution < -0.4 is 10.6 Å². The molecule has 0 saturated carbocycles. The van der Waals surface area contributed by atoms with E-state index in [4.69, 9.17) is 0 Å². The lowest BCUT2D eigenvalue weighted by atomic mass is 10.0. The highest BCUT2D eigenvalue weighted by atomic mass is 127. The van der Waals surface area contributed by atoms with E-state index in [1.165, 1.54) is 11.1 Å². The third kappa shape index (κ3) is 6.41. The molecular formula is C16H26IN3. The Morgan fingerprint density at radius 1 is 1.35 bits per heavy atom. The van der Waals surface area contributed by atoms with Crippen LogP contribution in [0.2, 0.25) is 0 Å². The standard InChI is InChI=1S/C16H25N3.HI/c1-5-6-9-12-18-16(17-4)19-14(3)15-11-8-7-10-13(15)2;/h5-8,10-11,14H,9,12H2,1-4H3,(H2,17,18,19);1H. The van der Waals surface area contributed by atoms with Crippen molar-refractivity contribution in [3.63, 3.8) is 0 Å². The van der Waals surface area contributed by atoms with E-state index in [0.29, 0.717) is 0 Å². The highest BCUT2D eigenvalue weighted by molar-refractivity contribution is 14.0. The van der Waals surface area contributed by atoms with Crippen molar-refractivity contribution in [3.8, 4) is 0 Å². The van der Waals surface area contributed by atoms with Crippen molar-refractivity contribution in [2.45, 2.75) is 33.2 Å². The predicted molar refractivity (Wildman–Crippen MR) is 98.9 cm³/mol. The van der Waals surface area contributed by atoms with Gasteiger partial charge in [-0.15, -0.1) is 24.0 Å². The van der Waals surface area contributed by atoms with Gasteiger partial charge in [0, 0.05) is 13.6 Å². The van der Waals surface area contributed by atoms with E-state index >= 15 is 0 Å². The molecule has 1 aromatic rings. The average Bonchev–Trinajstić information content (AvgIpc) is 2.42. The number of allylic oxidation sites excluding steroid dienone is 1. The molecule has 4 heteroatoms. The van der Waals surface area contributed by atoms with Gasteiger partial charge in [0.2, 0.25) is 0 Å². The first-order valence-corrected chi connectivity index (χ1v) is 6.83. The SMILES string of the molecule is CC=CCCNC(=NC)NC(C)c1ccccc1C.I. The summed E-state index contributed by atoms with van der Waals surface area (Å²) in [7, 11) is 1.80. The third-order valence-electron chi connectivity index (χ3n) is 3.07. The highest BCUT2D eigenvalue weighted by Gasteiger charge is 2.09. The van der Waals surface area contributed by atoms with Crippen LogP contribution in [0.5, 0.6) is 0 Å². The van der Waals surface area contributed by atoms with Crippen molar-refractivity contribution in [1.82, 2.24) is 10.6 Å². The van der Waals surface area contributed by atoms with Crippen molar-refractivity contribution in [1.29, 1.82) is 0 Å². The molecule has 112 valence electrons. The summed E-state index contributed by atoms with van der Waals surface area (Å²) in [6.45, 7) is 7.22. The predicted octanol–water partition coefficient (Wildman–Crippen LogP) is 3.81. The lowest BCUT2D eigenvalue weighted by molar-refractivity contribution is 0.682. The Hall–Kier alpha value is -1.04. The molecule has 0 aliphatic rings. The molecule has 0 bridgehead atoms. The number of hydrogen-bond acceptors (Lipinski definition) is 1. The molecular weight excluding hydrogens is 361 g/mol. The summed E-state index contributed by atoms with van der Waals surface area (Å²) in [6.07, 6.45) is 5.22. The number of aryl methyl sites for hydroxylation is 1. The zero-order valence-electron chi connectivity index (χ0n) is 12.8. The molecule has 0 aliphatic carbocycles. The minimum Gasteiger partial charge on any atom is -0.356 e. The first-order chi connectivity index (χ1) is 9.19. The maximum atomic E-state index is 4.25. The van der Waals surface area contributed by atoms with E-state index in [1.54, 1.807) is 7.05 Å². The maximum absolute atomic E-state index is 4.25.